The molecule has 0 amide bonds. The molecule has 1 aliphatic rings. The molecule has 2 heterocycles. The van der Waals surface area contributed by atoms with Gasteiger partial charge in [0.1, 0.15) is 0 Å². The van der Waals surface area contributed by atoms with Crippen LogP contribution in [0, 0.1) is 0 Å². The Balaban J connectivity index is 1.65. The molecule has 1 aliphatic heterocycles. The number of nitrogens with one attached hydrogen (secondary N) is 2. The zero-order valence-electron chi connectivity index (χ0n) is 12.6. The molecule has 1 saturated heterocycles. The minimum atomic E-state index is 0.589. The minimum absolute atomic E-state index is 0.589. The summed E-state index contributed by atoms with van der Waals surface area (Å²) in [4.78, 5) is 6.75. The maximum Gasteiger partial charge on any atom is 0.174 e. The summed E-state index contributed by atoms with van der Waals surface area (Å²) >= 11 is 5.28. The fourth-order valence-corrected chi connectivity index (χ4v) is 2.69. The van der Waals surface area contributed by atoms with Crippen LogP contribution in [0.25, 0.3) is 0 Å². The van der Waals surface area contributed by atoms with E-state index < -0.39 is 0 Å². The van der Waals surface area contributed by atoms with E-state index >= 15 is 0 Å². The summed E-state index contributed by atoms with van der Waals surface area (Å²) in [6.45, 7) is 4.50. The summed E-state index contributed by atoms with van der Waals surface area (Å²) < 4.78 is 5.23. The average Bonchev–Trinajstić information content (AvgIpc) is 2.53. The quantitative estimate of drug-likeness (QED) is 0.621. The number of ether oxygens (including phenoxy) is 1. The molecule has 116 valence electrons. The van der Waals surface area contributed by atoms with Crippen molar-refractivity contribution < 1.29 is 4.74 Å². The molecule has 0 aliphatic carbocycles. The molecule has 0 aromatic carbocycles. The zero-order chi connectivity index (χ0) is 14.9. The second kappa shape index (κ2) is 8.79. The highest BCUT2D eigenvalue weighted by atomic mass is 32.1. The van der Waals surface area contributed by atoms with Gasteiger partial charge in [0.05, 0.1) is 7.11 Å². The van der Waals surface area contributed by atoms with Crippen LogP contribution in [-0.4, -0.2) is 48.3 Å². The maximum atomic E-state index is 5.28. The van der Waals surface area contributed by atoms with Crippen molar-refractivity contribution in [2.45, 2.75) is 25.7 Å². The van der Waals surface area contributed by atoms with E-state index in [-0.39, 0.29) is 0 Å². The average molecular weight is 308 g/mol. The molecule has 0 saturated carbocycles. The van der Waals surface area contributed by atoms with E-state index in [9.17, 15) is 0 Å². The number of piperidine rings is 1. The molecule has 0 unspecified atom stereocenters. The van der Waals surface area contributed by atoms with Gasteiger partial charge in [0.2, 0.25) is 0 Å². The third kappa shape index (κ3) is 5.47. The molecule has 6 heteroatoms. The Morgan fingerprint density at radius 2 is 2.19 bits per heavy atom. The fraction of sp³-hybridized carbons (Fsp3) is 0.600. The second-order valence-corrected chi connectivity index (χ2v) is 5.60. The monoisotopic (exact) mass is 308 g/mol. The summed E-state index contributed by atoms with van der Waals surface area (Å²) in [5.74, 6) is 1.34. The van der Waals surface area contributed by atoms with Crippen molar-refractivity contribution in [1.82, 2.24) is 15.2 Å². The molecule has 0 radical (unpaired) electrons. The summed E-state index contributed by atoms with van der Waals surface area (Å²) in [5, 5.41) is 6.88. The number of thiocarbonyl (C=S) groups is 1. The van der Waals surface area contributed by atoms with E-state index in [0.717, 1.165) is 19.5 Å². The summed E-state index contributed by atoms with van der Waals surface area (Å²) in [6.07, 6.45) is 6.87. The van der Waals surface area contributed by atoms with Gasteiger partial charge in [-0.25, -0.2) is 4.98 Å². The Hall–Kier alpha value is -1.40. The molecule has 0 atom stereocenters. The van der Waals surface area contributed by atoms with Crippen LogP contribution in [0.2, 0.25) is 0 Å². The first-order valence-corrected chi connectivity index (χ1v) is 7.96. The van der Waals surface area contributed by atoms with Gasteiger partial charge in [-0.2, -0.15) is 0 Å². The predicted octanol–water partition coefficient (Wildman–Crippen LogP) is 2.25. The number of likely N-dealkylation sites (tertiary alicyclic amines) is 1. The Bertz CT molecular complexity index is 449. The number of methoxy groups -OCH3 is 1. The summed E-state index contributed by atoms with van der Waals surface area (Å²) in [5.41, 5.74) is 0. The van der Waals surface area contributed by atoms with Gasteiger partial charge in [0.25, 0.3) is 0 Å². The minimum Gasteiger partial charge on any atom is -0.493 e. The van der Waals surface area contributed by atoms with Gasteiger partial charge >= 0.3 is 0 Å². The Kier molecular flexibility index (Phi) is 6.69. The van der Waals surface area contributed by atoms with Crippen molar-refractivity contribution >= 4 is 23.1 Å². The third-order valence-electron chi connectivity index (χ3n) is 3.61. The van der Waals surface area contributed by atoms with Crippen molar-refractivity contribution in [2.75, 3.05) is 38.6 Å². The van der Waals surface area contributed by atoms with Crippen LogP contribution < -0.4 is 15.4 Å². The highest BCUT2D eigenvalue weighted by Crippen LogP contribution is 2.19. The van der Waals surface area contributed by atoms with Crippen molar-refractivity contribution in [2.24, 2.45) is 0 Å². The molecular formula is C15H24N4OS. The van der Waals surface area contributed by atoms with E-state index in [1.807, 2.05) is 12.1 Å². The molecule has 1 fully saturated rings. The smallest absolute Gasteiger partial charge is 0.174 e. The molecule has 21 heavy (non-hydrogen) atoms. The number of nitrogens with zero attached hydrogens (tertiary/aromatic N) is 2. The number of aromatic nitrogens is 1. The lowest BCUT2D eigenvalue weighted by Gasteiger charge is -2.26. The largest absolute Gasteiger partial charge is 0.493 e. The highest BCUT2D eigenvalue weighted by molar-refractivity contribution is 7.80. The van der Waals surface area contributed by atoms with E-state index in [1.165, 1.54) is 32.4 Å². The van der Waals surface area contributed by atoms with Crippen molar-refractivity contribution in [3.8, 4) is 5.75 Å². The van der Waals surface area contributed by atoms with Crippen LogP contribution in [0.4, 0.5) is 5.82 Å². The van der Waals surface area contributed by atoms with Crippen LogP contribution in [0.15, 0.2) is 18.3 Å². The van der Waals surface area contributed by atoms with Gasteiger partial charge in [-0.1, -0.05) is 6.42 Å². The van der Waals surface area contributed by atoms with Gasteiger partial charge in [-0.3, -0.25) is 0 Å². The van der Waals surface area contributed by atoms with E-state index in [2.05, 4.69) is 20.5 Å². The molecule has 5 nitrogen and oxygen atoms in total. The molecule has 2 N–H and O–H groups in total. The Morgan fingerprint density at radius 3 is 2.95 bits per heavy atom. The summed E-state index contributed by atoms with van der Waals surface area (Å²) in [6, 6.07) is 3.69. The molecule has 0 bridgehead atoms. The lowest BCUT2D eigenvalue weighted by molar-refractivity contribution is 0.227. The van der Waals surface area contributed by atoms with Crippen molar-refractivity contribution in [3.63, 3.8) is 0 Å². The van der Waals surface area contributed by atoms with E-state index in [1.54, 1.807) is 13.3 Å². The molecule has 1 aromatic heterocycles. The molecule has 0 spiro atoms. The van der Waals surface area contributed by atoms with Crippen LogP contribution >= 0.6 is 12.2 Å². The van der Waals surface area contributed by atoms with Gasteiger partial charge in [-0.05, 0) is 63.2 Å². The second-order valence-electron chi connectivity index (χ2n) is 5.19. The van der Waals surface area contributed by atoms with Crippen molar-refractivity contribution in [3.05, 3.63) is 18.3 Å². The van der Waals surface area contributed by atoms with Crippen LogP contribution in [0.3, 0.4) is 0 Å². The number of pyridine rings is 1. The van der Waals surface area contributed by atoms with E-state index in [4.69, 9.17) is 17.0 Å². The van der Waals surface area contributed by atoms with Crippen LogP contribution in [-0.2, 0) is 0 Å². The maximum absolute atomic E-state index is 5.28. The first-order chi connectivity index (χ1) is 10.3. The Labute approximate surface area is 132 Å². The van der Waals surface area contributed by atoms with Crippen LogP contribution in [0.5, 0.6) is 5.75 Å². The number of anilines is 1. The van der Waals surface area contributed by atoms with E-state index in [0.29, 0.717) is 16.7 Å². The SMILES string of the molecule is COc1cccnc1NC(=S)NCCCN1CCCCC1. The number of hydrogen-bond acceptors (Lipinski definition) is 4. The Morgan fingerprint density at radius 1 is 1.38 bits per heavy atom. The van der Waals surface area contributed by atoms with Gasteiger partial charge < -0.3 is 20.3 Å². The van der Waals surface area contributed by atoms with Crippen LogP contribution in [0.1, 0.15) is 25.7 Å². The standard InChI is InChI=1S/C15H24N4OS/c1-20-13-7-5-8-16-14(13)18-15(21)17-9-6-12-19-10-3-2-4-11-19/h5,7-8H,2-4,6,9-12H2,1H3,(H2,16,17,18,21). The van der Waals surface area contributed by atoms with Crippen molar-refractivity contribution in [1.29, 1.82) is 0 Å². The number of rotatable bonds is 6. The molecule has 1 aromatic rings. The fourth-order valence-electron chi connectivity index (χ4n) is 2.49. The zero-order valence-corrected chi connectivity index (χ0v) is 13.4. The summed E-state index contributed by atoms with van der Waals surface area (Å²) in [7, 11) is 1.62. The van der Waals surface area contributed by atoms with Gasteiger partial charge in [0.15, 0.2) is 16.7 Å². The van der Waals surface area contributed by atoms with Gasteiger partial charge in [-0.15, -0.1) is 0 Å². The lowest BCUT2D eigenvalue weighted by Crippen LogP contribution is -2.34. The highest BCUT2D eigenvalue weighted by Gasteiger charge is 2.09. The molecule has 2 rings (SSSR count). The normalized spacial score (nSPS) is 15.5. The lowest BCUT2D eigenvalue weighted by atomic mass is 10.1. The first-order valence-electron chi connectivity index (χ1n) is 7.56. The molecular weight excluding hydrogens is 284 g/mol. The number of hydrogen-bond donors (Lipinski definition) is 2. The third-order valence-corrected chi connectivity index (χ3v) is 3.85. The first kappa shape index (κ1) is 16.0. The topological polar surface area (TPSA) is 49.4 Å². The predicted molar refractivity (Wildman–Crippen MR) is 89.9 cm³/mol. The van der Waals surface area contributed by atoms with Gasteiger partial charge in [0, 0.05) is 12.7 Å².